The summed E-state index contributed by atoms with van der Waals surface area (Å²) in [5.41, 5.74) is 2.95. The van der Waals surface area contributed by atoms with Crippen LogP contribution in [0, 0.1) is 13.8 Å². The number of hydrogen-bond donors (Lipinski definition) is 2. The van der Waals surface area contributed by atoms with E-state index in [-0.39, 0.29) is 11.3 Å². The zero-order valence-electron chi connectivity index (χ0n) is 11.7. The topological polar surface area (TPSA) is 57.5 Å². The lowest BCUT2D eigenvalue weighted by Gasteiger charge is -2.09. The van der Waals surface area contributed by atoms with Crippen LogP contribution in [-0.4, -0.2) is 16.2 Å². The van der Waals surface area contributed by atoms with E-state index in [1.54, 1.807) is 6.07 Å². The Hall–Kier alpha value is -2.26. The molecule has 0 bridgehead atoms. The summed E-state index contributed by atoms with van der Waals surface area (Å²) in [5.74, 6) is -1.06. The molecule has 0 spiro atoms. The summed E-state index contributed by atoms with van der Waals surface area (Å²) in [7, 11) is 0. The van der Waals surface area contributed by atoms with Gasteiger partial charge in [-0.3, -0.25) is 0 Å². The average molecular weight is 303 g/mol. The van der Waals surface area contributed by atoms with Crippen molar-refractivity contribution in [1.29, 1.82) is 0 Å². The molecule has 0 saturated carbocycles. The molecule has 2 aromatic rings. The molecule has 0 aromatic heterocycles. The Morgan fingerprint density at radius 3 is 2.52 bits per heavy atom. The molecule has 3 nitrogen and oxygen atoms in total. The lowest BCUT2D eigenvalue weighted by molar-refractivity contribution is -0.130. The number of aliphatic carboxylic acids is 1. The Kier molecular flexibility index (Phi) is 4.34. The number of benzene rings is 2. The second kappa shape index (κ2) is 6.02. The van der Waals surface area contributed by atoms with Crippen molar-refractivity contribution in [2.75, 3.05) is 0 Å². The standard InChI is InChI=1S/C17H15ClO3/c1-10-3-4-11(2)14(7-10)15(17(20)21)9-12-8-13(18)5-6-16(12)19/h3-9,19H,1-2H3,(H,20,21)/b15-9-. The van der Waals surface area contributed by atoms with E-state index in [4.69, 9.17) is 11.6 Å². The van der Waals surface area contributed by atoms with Gasteiger partial charge in [-0.15, -0.1) is 0 Å². The summed E-state index contributed by atoms with van der Waals surface area (Å²) >= 11 is 5.89. The van der Waals surface area contributed by atoms with Crippen LogP contribution < -0.4 is 0 Å². The molecule has 2 N–H and O–H groups in total. The summed E-state index contributed by atoms with van der Waals surface area (Å²) in [6.07, 6.45) is 1.44. The number of aromatic hydroxyl groups is 1. The van der Waals surface area contributed by atoms with Crippen molar-refractivity contribution in [2.45, 2.75) is 13.8 Å². The van der Waals surface area contributed by atoms with E-state index < -0.39 is 5.97 Å². The molecule has 0 aliphatic rings. The normalized spacial score (nSPS) is 11.5. The molecule has 0 radical (unpaired) electrons. The minimum absolute atomic E-state index is 0.0107. The molecular weight excluding hydrogens is 288 g/mol. The predicted molar refractivity (Wildman–Crippen MR) is 84.5 cm³/mol. The highest BCUT2D eigenvalue weighted by Crippen LogP contribution is 2.28. The van der Waals surface area contributed by atoms with Gasteiger partial charge in [-0.1, -0.05) is 35.4 Å². The highest BCUT2D eigenvalue weighted by molar-refractivity contribution is 6.31. The predicted octanol–water partition coefficient (Wildman–Crippen LogP) is 4.29. The minimum Gasteiger partial charge on any atom is -0.507 e. The molecule has 4 heteroatoms. The number of rotatable bonds is 3. The number of phenolic OH excluding ortho intramolecular Hbond substituents is 1. The number of phenols is 1. The number of carbonyl (C=O) groups is 1. The smallest absolute Gasteiger partial charge is 0.336 e. The van der Waals surface area contributed by atoms with E-state index in [1.165, 1.54) is 18.2 Å². The van der Waals surface area contributed by atoms with Crippen LogP contribution >= 0.6 is 11.6 Å². The highest BCUT2D eigenvalue weighted by Gasteiger charge is 2.14. The van der Waals surface area contributed by atoms with Gasteiger partial charge in [0.1, 0.15) is 5.75 Å². The molecule has 108 valence electrons. The van der Waals surface area contributed by atoms with E-state index in [0.717, 1.165) is 11.1 Å². The summed E-state index contributed by atoms with van der Waals surface area (Å²) in [6, 6.07) is 10.1. The number of carboxylic acids is 1. The third-order valence-electron chi connectivity index (χ3n) is 3.20. The van der Waals surface area contributed by atoms with Gasteiger partial charge < -0.3 is 10.2 Å². The number of hydrogen-bond acceptors (Lipinski definition) is 2. The molecule has 0 heterocycles. The Bertz CT molecular complexity index is 733. The van der Waals surface area contributed by atoms with E-state index >= 15 is 0 Å². The first-order chi connectivity index (χ1) is 9.88. The largest absolute Gasteiger partial charge is 0.507 e. The van der Waals surface area contributed by atoms with Crippen molar-refractivity contribution in [2.24, 2.45) is 0 Å². The van der Waals surface area contributed by atoms with Crippen molar-refractivity contribution in [3.63, 3.8) is 0 Å². The average Bonchev–Trinajstić information content (AvgIpc) is 2.42. The maximum Gasteiger partial charge on any atom is 0.336 e. The van der Waals surface area contributed by atoms with Gasteiger partial charge in [-0.25, -0.2) is 4.79 Å². The Morgan fingerprint density at radius 1 is 1.14 bits per heavy atom. The van der Waals surface area contributed by atoms with Crippen LogP contribution in [0.1, 0.15) is 22.3 Å². The fourth-order valence-electron chi connectivity index (χ4n) is 2.08. The molecule has 0 aliphatic carbocycles. The Balaban J connectivity index is 2.63. The summed E-state index contributed by atoms with van der Waals surface area (Å²) in [6.45, 7) is 3.75. The fourth-order valence-corrected chi connectivity index (χ4v) is 2.26. The highest BCUT2D eigenvalue weighted by atomic mass is 35.5. The first kappa shape index (κ1) is 15.1. The number of halogens is 1. The maximum atomic E-state index is 11.6. The van der Waals surface area contributed by atoms with Crippen molar-refractivity contribution in [3.05, 3.63) is 63.7 Å². The minimum atomic E-state index is -1.05. The van der Waals surface area contributed by atoms with E-state index in [9.17, 15) is 15.0 Å². The molecule has 2 aromatic carbocycles. The quantitative estimate of drug-likeness (QED) is 0.657. The molecule has 0 aliphatic heterocycles. The monoisotopic (exact) mass is 302 g/mol. The first-order valence-corrected chi connectivity index (χ1v) is 6.77. The summed E-state index contributed by atoms with van der Waals surface area (Å²) in [5, 5.41) is 19.8. The van der Waals surface area contributed by atoms with Crippen LogP contribution in [0.5, 0.6) is 5.75 Å². The van der Waals surface area contributed by atoms with Gasteiger partial charge in [0.15, 0.2) is 0 Å². The van der Waals surface area contributed by atoms with Gasteiger partial charge in [0.25, 0.3) is 0 Å². The molecule has 0 atom stereocenters. The van der Waals surface area contributed by atoms with Crippen LogP contribution in [0.2, 0.25) is 5.02 Å². The maximum absolute atomic E-state index is 11.6. The molecular formula is C17H15ClO3. The molecule has 0 unspecified atom stereocenters. The van der Waals surface area contributed by atoms with Crippen LogP contribution in [0.25, 0.3) is 11.6 Å². The molecule has 0 fully saturated rings. The van der Waals surface area contributed by atoms with Crippen LogP contribution in [-0.2, 0) is 4.79 Å². The zero-order valence-corrected chi connectivity index (χ0v) is 12.5. The SMILES string of the molecule is Cc1ccc(C)c(/C(=C/c2cc(Cl)ccc2O)C(=O)O)c1. The van der Waals surface area contributed by atoms with Gasteiger partial charge in [0, 0.05) is 10.6 Å². The van der Waals surface area contributed by atoms with Gasteiger partial charge >= 0.3 is 5.97 Å². The fraction of sp³-hybridized carbons (Fsp3) is 0.118. The summed E-state index contributed by atoms with van der Waals surface area (Å²) in [4.78, 5) is 11.6. The van der Waals surface area contributed by atoms with Crippen LogP contribution in [0.15, 0.2) is 36.4 Å². The van der Waals surface area contributed by atoms with Crippen LogP contribution in [0.3, 0.4) is 0 Å². The second-order valence-corrected chi connectivity index (χ2v) is 5.32. The molecule has 0 saturated heterocycles. The Morgan fingerprint density at radius 2 is 1.86 bits per heavy atom. The third-order valence-corrected chi connectivity index (χ3v) is 3.44. The van der Waals surface area contributed by atoms with Crippen molar-refractivity contribution in [1.82, 2.24) is 0 Å². The van der Waals surface area contributed by atoms with E-state index in [0.29, 0.717) is 16.1 Å². The molecule has 21 heavy (non-hydrogen) atoms. The Labute approximate surface area is 128 Å². The second-order valence-electron chi connectivity index (χ2n) is 4.88. The van der Waals surface area contributed by atoms with Gasteiger partial charge in [0.05, 0.1) is 5.57 Å². The molecule has 0 amide bonds. The van der Waals surface area contributed by atoms with Crippen molar-refractivity contribution >= 4 is 29.2 Å². The van der Waals surface area contributed by atoms with Gasteiger partial charge in [0.2, 0.25) is 0 Å². The van der Waals surface area contributed by atoms with E-state index in [2.05, 4.69) is 0 Å². The third kappa shape index (κ3) is 3.44. The van der Waals surface area contributed by atoms with Gasteiger partial charge in [-0.05, 0) is 49.2 Å². The zero-order chi connectivity index (χ0) is 15.6. The van der Waals surface area contributed by atoms with Crippen LogP contribution in [0.4, 0.5) is 0 Å². The molecule has 2 rings (SSSR count). The van der Waals surface area contributed by atoms with E-state index in [1.807, 2.05) is 32.0 Å². The summed E-state index contributed by atoms with van der Waals surface area (Å²) < 4.78 is 0. The van der Waals surface area contributed by atoms with Crippen molar-refractivity contribution < 1.29 is 15.0 Å². The number of carboxylic acid groups (broad SMARTS) is 1. The lowest BCUT2D eigenvalue weighted by Crippen LogP contribution is -2.02. The lowest BCUT2D eigenvalue weighted by atomic mass is 9.96. The number of aryl methyl sites for hydroxylation is 2. The van der Waals surface area contributed by atoms with Crippen molar-refractivity contribution in [3.8, 4) is 5.75 Å². The van der Waals surface area contributed by atoms with Gasteiger partial charge in [-0.2, -0.15) is 0 Å². The first-order valence-electron chi connectivity index (χ1n) is 6.39.